The van der Waals surface area contributed by atoms with Crippen LogP contribution in [0.1, 0.15) is 11.1 Å². The minimum atomic E-state index is -4.40. The van der Waals surface area contributed by atoms with Crippen molar-refractivity contribution in [3.63, 3.8) is 0 Å². The molecule has 8 nitrogen and oxygen atoms in total. The summed E-state index contributed by atoms with van der Waals surface area (Å²) in [5.41, 5.74) is 6.80. The number of alkyl halides is 3. The minimum absolute atomic E-state index is 0.0831. The zero-order valence-corrected chi connectivity index (χ0v) is 15.1. The van der Waals surface area contributed by atoms with Crippen molar-refractivity contribution >= 4 is 23.3 Å². The molecule has 6 N–H and O–H groups in total. The Morgan fingerprint density at radius 3 is 2.55 bits per heavy atom. The molecule has 1 saturated heterocycles. The number of amidine groups is 1. The molecule has 1 amide bonds. The van der Waals surface area contributed by atoms with Gasteiger partial charge in [0.05, 0.1) is 18.7 Å². The van der Waals surface area contributed by atoms with Crippen molar-refractivity contribution < 1.29 is 22.7 Å². The summed E-state index contributed by atoms with van der Waals surface area (Å²) in [6.07, 6.45) is -5.38. The number of alkyl carbamates (subject to hydrolysis) is 1. The van der Waals surface area contributed by atoms with Crippen molar-refractivity contribution in [2.24, 2.45) is 16.7 Å². The van der Waals surface area contributed by atoms with E-state index in [2.05, 4.69) is 15.7 Å². The Kier molecular flexibility index (Phi) is 5.78. The van der Waals surface area contributed by atoms with Crippen LogP contribution >= 0.6 is 0 Å². The van der Waals surface area contributed by atoms with E-state index in [9.17, 15) is 18.0 Å². The number of ether oxygens (including phenoxy) is 1. The summed E-state index contributed by atoms with van der Waals surface area (Å²) in [7, 11) is 0. The first-order valence-corrected chi connectivity index (χ1v) is 8.57. The first kappa shape index (κ1) is 20.3. The van der Waals surface area contributed by atoms with Crippen LogP contribution in [-0.4, -0.2) is 36.2 Å². The average Bonchev–Trinajstić information content (AvgIpc) is 3.06. The smallest absolute Gasteiger partial charge is 0.416 e. The summed E-state index contributed by atoms with van der Waals surface area (Å²) in [4.78, 5) is 11.0. The van der Waals surface area contributed by atoms with Gasteiger partial charge in [-0.05, 0) is 36.4 Å². The third-order valence-corrected chi connectivity index (χ3v) is 4.07. The third kappa shape index (κ3) is 5.29. The van der Waals surface area contributed by atoms with E-state index in [-0.39, 0.29) is 12.4 Å². The lowest BCUT2D eigenvalue weighted by Crippen LogP contribution is -2.37. The molecule has 11 heteroatoms. The number of nitrogens with two attached hydrogens (primary N) is 2. The largest absolute Gasteiger partial charge is 0.442 e. The van der Waals surface area contributed by atoms with E-state index in [1.807, 2.05) is 0 Å². The number of carbonyl (C=O) groups excluding carboxylic acids is 1. The number of carbonyl (C=O) groups is 1. The molecule has 2 aromatic carbocycles. The molecule has 1 unspecified atom stereocenters. The number of halogens is 3. The van der Waals surface area contributed by atoms with Gasteiger partial charge in [0, 0.05) is 16.9 Å². The molecule has 0 radical (unpaired) electrons. The van der Waals surface area contributed by atoms with Gasteiger partial charge in [0.2, 0.25) is 0 Å². The highest BCUT2D eigenvalue weighted by molar-refractivity contribution is 6.02. The Morgan fingerprint density at radius 2 is 1.93 bits per heavy atom. The maximum Gasteiger partial charge on any atom is 0.416 e. The second-order valence-electron chi connectivity index (χ2n) is 6.26. The summed E-state index contributed by atoms with van der Waals surface area (Å²) in [6, 6.07) is 11.5. The van der Waals surface area contributed by atoms with Crippen molar-refractivity contribution in [2.75, 3.05) is 18.4 Å². The van der Waals surface area contributed by atoms with Crippen LogP contribution in [0.5, 0.6) is 0 Å². The van der Waals surface area contributed by atoms with Crippen LogP contribution in [0.2, 0.25) is 0 Å². The van der Waals surface area contributed by atoms with Gasteiger partial charge in [-0.3, -0.25) is 0 Å². The summed E-state index contributed by atoms with van der Waals surface area (Å²) in [5, 5.41) is 10.7. The molecule has 1 aliphatic heterocycles. The molecule has 3 rings (SSSR count). The standard InChI is InChI=1S/C18H19F3N6O2/c19-18(20,21)11-5-7-12(8-6-11)25-15-4-2-1-3-14(15)16(22)26-27(23)10-13-9-24-17(28)29-13/h1-8,13,25H,9-10,23H2,(H2,22,26)(H,24,28). The van der Waals surface area contributed by atoms with Crippen LogP contribution < -0.4 is 22.2 Å². The lowest BCUT2D eigenvalue weighted by Gasteiger charge is -2.18. The predicted molar refractivity (Wildman–Crippen MR) is 101 cm³/mol. The lowest BCUT2D eigenvalue weighted by molar-refractivity contribution is -0.137. The number of rotatable bonds is 6. The predicted octanol–water partition coefficient (Wildman–Crippen LogP) is 2.35. The Balaban J connectivity index is 1.73. The highest BCUT2D eigenvalue weighted by Crippen LogP contribution is 2.30. The lowest BCUT2D eigenvalue weighted by atomic mass is 10.1. The second kappa shape index (κ2) is 8.27. The first-order valence-electron chi connectivity index (χ1n) is 8.57. The number of para-hydroxylation sites is 1. The molecule has 0 aliphatic carbocycles. The maximum atomic E-state index is 12.7. The highest BCUT2D eigenvalue weighted by Gasteiger charge is 2.30. The Hall–Kier alpha value is -3.47. The number of cyclic esters (lactones) is 1. The molecule has 0 spiro atoms. The molecule has 0 saturated carbocycles. The molecule has 1 heterocycles. The molecular formula is C18H19F3N6O2. The topological polar surface area (TPSA) is 118 Å². The number of hydrazine groups is 1. The van der Waals surface area contributed by atoms with Crippen LogP contribution in [0.15, 0.2) is 53.6 Å². The molecule has 1 aliphatic rings. The molecule has 0 bridgehead atoms. The molecule has 154 valence electrons. The summed E-state index contributed by atoms with van der Waals surface area (Å²) < 4.78 is 43.1. The van der Waals surface area contributed by atoms with Crippen molar-refractivity contribution in [1.29, 1.82) is 0 Å². The Morgan fingerprint density at radius 1 is 1.24 bits per heavy atom. The quantitative estimate of drug-likeness (QED) is 0.252. The molecule has 1 fully saturated rings. The van der Waals surface area contributed by atoms with E-state index in [0.717, 1.165) is 17.3 Å². The van der Waals surface area contributed by atoms with Gasteiger partial charge in [-0.15, -0.1) is 5.10 Å². The molecule has 0 aromatic heterocycles. The average molecular weight is 408 g/mol. The number of hydrogen-bond donors (Lipinski definition) is 4. The van der Waals surface area contributed by atoms with Gasteiger partial charge in [-0.1, -0.05) is 12.1 Å². The van der Waals surface area contributed by atoms with E-state index in [4.69, 9.17) is 16.3 Å². The SMILES string of the molecule is N/C(=N\N(N)CC1CNC(=O)O1)c1ccccc1Nc1ccc(C(F)(F)F)cc1. The van der Waals surface area contributed by atoms with Crippen molar-refractivity contribution in [3.8, 4) is 0 Å². The fourth-order valence-electron chi connectivity index (χ4n) is 2.69. The highest BCUT2D eigenvalue weighted by atomic mass is 19.4. The fourth-order valence-corrected chi connectivity index (χ4v) is 2.69. The van der Waals surface area contributed by atoms with E-state index >= 15 is 0 Å². The molecule has 1 atom stereocenters. The van der Waals surface area contributed by atoms with Gasteiger partial charge in [-0.25, -0.2) is 15.8 Å². The molecule has 2 aromatic rings. The monoisotopic (exact) mass is 408 g/mol. The molecular weight excluding hydrogens is 389 g/mol. The van der Waals surface area contributed by atoms with Crippen LogP contribution in [0.25, 0.3) is 0 Å². The Bertz CT molecular complexity index is 901. The number of hydrazone groups is 1. The first-order chi connectivity index (χ1) is 13.7. The third-order valence-electron chi connectivity index (χ3n) is 4.07. The normalized spacial score (nSPS) is 16.9. The summed E-state index contributed by atoms with van der Waals surface area (Å²) >= 11 is 0. The minimum Gasteiger partial charge on any atom is -0.442 e. The summed E-state index contributed by atoms with van der Waals surface area (Å²) in [5.74, 6) is 5.90. The number of anilines is 2. The number of nitrogens with one attached hydrogen (secondary N) is 2. The Labute approximate surface area is 164 Å². The van der Waals surface area contributed by atoms with Crippen molar-refractivity contribution in [2.45, 2.75) is 12.3 Å². The number of nitrogens with zero attached hydrogens (tertiary/aromatic N) is 2. The number of benzene rings is 2. The van der Waals surface area contributed by atoms with Crippen LogP contribution in [0.3, 0.4) is 0 Å². The van der Waals surface area contributed by atoms with Gasteiger partial charge in [0.1, 0.15) is 6.10 Å². The number of amides is 1. The van der Waals surface area contributed by atoms with Gasteiger partial charge in [0.15, 0.2) is 5.84 Å². The second-order valence-corrected chi connectivity index (χ2v) is 6.26. The van der Waals surface area contributed by atoms with E-state index in [0.29, 0.717) is 23.5 Å². The van der Waals surface area contributed by atoms with Crippen molar-refractivity contribution in [1.82, 2.24) is 10.4 Å². The van der Waals surface area contributed by atoms with Crippen LogP contribution in [0.4, 0.5) is 29.3 Å². The van der Waals surface area contributed by atoms with E-state index in [1.165, 1.54) is 12.1 Å². The van der Waals surface area contributed by atoms with Crippen LogP contribution in [-0.2, 0) is 10.9 Å². The van der Waals surface area contributed by atoms with E-state index < -0.39 is 23.9 Å². The van der Waals surface area contributed by atoms with Gasteiger partial charge < -0.3 is 21.1 Å². The summed E-state index contributed by atoms with van der Waals surface area (Å²) in [6.45, 7) is 0.446. The maximum absolute atomic E-state index is 12.7. The zero-order chi connectivity index (χ0) is 21.0. The van der Waals surface area contributed by atoms with Gasteiger partial charge >= 0.3 is 12.3 Å². The number of hydrogen-bond acceptors (Lipinski definition) is 6. The van der Waals surface area contributed by atoms with Gasteiger partial charge in [-0.2, -0.15) is 13.2 Å². The van der Waals surface area contributed by atoms with Crippen LogP contribution in [0, 0.1) is 0 Å². The van der Waals surface area contributed by atoms with E-state index in [1.54, 1.807) is 24.3 Å². The van der Waals surface area contributed by atoms with Crippen molar-refractivity contribution in [3.05, 3.63) is 59.7 Å². The molecule has 29 heavy (non-hydrogen) atoms. The fraction of sp³-hybridized carbons (Fsp3) is 0.222. The van der Waals surface area contributed by atoms with Gasteiger partial charge in [0.25, 0.3) is 0 Å². The zero-order valence-electron chi connectivity index (χ0n) is 15.1.